The highest BCUT2D eigenvalue weighted by molar-refractivity contribution is 9.09. The topological polar surface area (TPSA) is 20.3 Å². The van der Waals surface area contributed by atoms with Crippen LogP contribution in [-0.2, 0) is 4.79 Å². The van der Waals surface area contributed by atoms with Gasteiger partial charge in [-0.2, -0.15) is 0 Å². The molecule has 3 heteroatoms. The molecule has 0 aromatic heterocycles. The van der Waals surface area contributed by atoms with Crippen molar-refractivity contribution in [2.75, 3.05) is 18.4 Å². The molecular formula is C17H22BrNO. The summed E-state index contributed by atoms with van der Waals surface area (Å²) >= 11 is 3.50. The van der Waals surface area contributed by atoms with Crippen molar-refractivity contribution in [3.63, 3.8) is 0 Å². The molecule has 1 amide bonds. The summed E-state index contributed by atoms with van der Waals surface area (Å²) in [5.41, 5.74) is 1.16. The number of hydrogen-bond acceptors (Lipinski definition) is 1. The fraction of sp³-hybridized carbons (Fsp3) is 0.588. The largest absolute Gasteiger partial charge is 0.342 e. The highest BCUT2D eigenvalue weighted by atomic mass is 79.9. The van der Waals surface area contributed by atoms with Crippen molar-refractivity contribution >= 4 is 21.8 Å². The van der Waals surface area contributed by atoms with Gasteiger partial charge in [0.25, 0.3) is 0 Å². The van der Waals surface area contributed by atoms with Gasteiger partial charge in [-0.3, -0.25) is 4.79 Å². The summed E-state index contributed by atoms with van der Waals surface area (Å²) in [5, 5.41) is 0.874. The number of fused-ring (bicyclic) bond motifs is 2. The quantitative estimate of drug-likeness (QED) is 0.766. The van der Waals surface area contributed by atoms with Crippen molar-refractivity contribution in [2.24, 2.45) is 11.8 Å². The summed E-state index contributed by atoms with van der Waals surface area (Å²) < 4.78 is 0. The number of carbonyl (C=O) groups is 1. The van der Waals surface area contributed by atoms with Crippen molar-refractivity contribution in [3.05, 3.63) is 35.9 Å². The molecule has 0 radical (unpaired) electrons. The van der Waals surface area contributed by atoms with E-state index in [4.69, 9.17) is 0 Å². The molecule has 1 aromatic rings. The number of amides is 1. The molecule has 20 heavy (non-hydrogen) atoms. The van der Waals surface area contributed by atoms with Gasteiger partial charge in [0.1, 0.15) is 0 Å². The van der Waals surface area contributed by atoms with E-state index in [-0.39, 0.29) is 5.92 Å². The molecule has 1 saturated heterocycles. The van der Waals surface area contributed by atoms with Crippen molar-refractivity contribution in [3.8, 4) is 0 Å². The second kappa shape index (κ2) is 6.30. The molecule has 1 aromatic carbocycles. The van der Waals surface area contributed by atoms with Crippen molar-refractivity contribution in [1.29, 1.82) is 0 Å². The molecule has 3 rings (SSSR count). The predicted octanol–water partition coefficient (Wildman–Crippen LogP) is 3.81. The maximum Gasteiger partial charge on any atom is 0.230 e. The van der Waals surface area contributed by atoms with Gasteiger partial charge in [-0.1, -0.05) is 46.3 Å². The van der Waals surface area contributed by atoms with E-state index in [1.807, 2.05) is 18.2 Å². The Morgan fingerprint density at radius 3 is 2.45 bits per heavy atom. The van der Waals surface area contributed by atoms with E-state index in [1.54, 1.807) is 0 Å². The van der Waals surface area contributed by atoms with E-state index in [0.717, 1.165) is 42.2 Å². The van der Waals surface area contributed by atoms with Crippen LogP contribution in [0.2, 0.25) is 0 Å². The van der Waals surface area contributed by atoms with Gasteiger partial charge in [0.05, 0.1) is 5.92 Å². The number of halogens is 1. The van der Waals surface area contributed by atoms with Gasteiger partial charge < -0.3 is 4.90 Å². The first-order chi connectivity index (χ1) is 9.78. The minimum atomic E-state index is 0.0214. The minimum Gasteiger partial charge on any atom is -0.342 e. The summed E-state index contributed by atoms with van der Waals surface area (Å²) in [6.45, 7) is 1.97. The lowest BCUT2D eigenvalue weighted by molar-refractivity contribution is -0.135. The monoisotopic (exact) mass is 335 g/mol. The number of nitrogens with zero attached hydrogens (tertiary/aromatic N) is 1. The SMILES string of the molecule is O=C(C(CCBr)c1ccccc1)N1CC2CCC(C2)C1. The Hall–Kier alpha value is -0.830. The first kappa shape index (κ1) is 14.1. The first-order valence-electron chi connectivity index (χ1n) is 7.67. The number of carbonyl (C=O) groups excluding carboxylic acids is 1. The molecular weight excluding hydrogens is 314 g/mol. The third-order valence-electron chi connectivity index (χ3n) is 4.82. The van der Waals surface area contributed by atoms with Gasteiger partial charge in [-0.05, 0) is 43.1 Å². The Bertz CT molecular complexity index is 449. The molecule has 0 N–H and O–H groups in total. The minimum absolute atomic E-state index is 0.0214. The van der Waals surface area contributed by atoms with Crippen molar-refractivity contribution in [2.45, 2.75) is 31.6 Å². The van der Waals surface area contributed by atoms with Crippen molar-refractivity contribution < 1.29 is 4.79 Å². The average Bonchev–Trinajstić information content (AvgIpc) is 2.83. The number of hydrogen-bond donors (Lipinski definition) is 0. The van der Waals surface area contributed by atoms with E-state index in [9.17, 15) is 4.79 Å². The third kappa shape index (κ3) is 2.93. The summed E-state index contributed by atoms with van der Waals surface area (Å²) in [5.74, 6) is 1.89. The van der Waals surface area contributed by atoms with Gasteiger partial charge in [-0.25, -0.2) is 0 Å². The van der Waals surface area contributed by atoms with Gasteiger partial charge in [-0.15, -0.1) is 0 Å². The molecule has 1 heterocycles. The fourth-order valence-electron chi connectivity index (χ4n) is 3.84. The third-order valence-corrected chi connectivity index (χ3v) is 5.27. The second-order valence-electron chi connectivity index (χ2n) is 6.23. The molecule has 1 aliphatic carbocycles. The first-order valence-corrected chi connectivity index (χ1v) is 8.79. The summed E-state index contributed by atoms with van der Waals surface area (Å²) in [6, 6.07) is 10.3. The van der Waals surface area contributed by atoms with Gasteiger partial charge in [0, 0.05) is 18.4 Å². The van der Waals surface area contributed by atoms with Crippen LogP contribution >= 0.6 is 15.9 Å². The Balaban J connectivity index is 1.75. The Morgan fingerprint density at radius 1 is 1.20 bits per heavy atom. The van der Waals surface area contributed by atoms with Crippen molar-refractivity contribution in [1.82, 2.24) is 4.90 Å². The van der Waals surface area contributed by atoms with E-state index in [2.05, 4.69) is 33.0 Å². The van der Waals surface area contributed by atoms with Crippen LogP contribution in [0.15, 0.2) is 30.3 Å². The van der Waals surface area contributed by atoms with Gasteiger partial charge in [0.15, 0.2) is 0 Å². The van der Waals surface area contributed by atoms with E-state index in [1.165, 1.54) is 19.3 Å². The maximum absolute atomic E-state index is 12.9. The average molecular weight is 336 g/mol. The van der Waals surface area contributed by atoms with Crippen LogP contribution in [0.1, 0.15) is 37.2 Å². The van der Waals surface area contributed by atoms with Crippen LogP contribution in [0.25, 0.3) is 0 Å². The number of alkyl halides is 1. The lowest BCUT2D eigenvalue weighted by Gasteiger charge is -2.34. The summed E-state index contributed by atoms with van der Waals surface area (Å²) in [6.07, 6.45) is 4.87. The Kier molecular flexibility index (Phi) is 4.45. The lowest BCUT2D eigenvalue weighted by atomic mass is 9.92. The standard InChI is InChI=1S/C17H22BrNO/c18-9-8-16(15-4-2-1-3-5-15)17(20)19-11-13-6-7-14(10-13)12-19/h1-5,13-14,16H,6-12H2. The van der Waals surface area contributed by atoms with E-state index < -0.39 is 0 Å². The highest BCUT2D eigenvalue weighted by Gasteiger charge is 2.36. The van der Waals surface area contributed by atoms with Gasteiger partial charge >= 0.3 is 0 Å². The molecule has 108 valence electrons. The molecule has 2 bridgehead atoms. The van der Waals surface area contributed by atoms with Crippen LogP contribution in [0, 0.1) is 11.8 Å². The molecule has 1 aliphatic heterocycles. The normalized spacial score (nSPS) is 26.6. The predicted molar refractivity (Wildman–Crippen MR) is 85.0 cm³/mol. The molecule has 2 fully saturated rings. The molecule has 1 saturated carbocycles. The zero-order valence-corrected chi connectivity index (χ0v) is 13.4. The van der Waals surface area contributed by atoms with E-state index in [0.29, 0.717) is 5.91 Å². The summed E-state index contributed by atoms with van der Waals surface area (Å²) in [7, 11) is 0. The zero-order chi connectivity index (χ0) is 13.9. The van der Waals surface area contributed by atoms with Crippen LogP contribution in [0.3, 0.4) is 0 Å². The number of likely N-dealkylation sites (tertiary alicyclic amines) is 1. The number of benzene rings is 1. The van der Waals surface area contributed by atoms with Crippen LogP contribution in [0.4, 0.5) is 0 Å². The highest BCUT2D eigenvalue weighted by Crippen LogP contribution is 2.37. The van der Waals surface area contributed by atoms with Crippen LogP contribution in [0.5, 0.6) is 0 Å². The van der Waals surface area contributed by atoms with Gasteiger partial charge in [0.2, 0.25) is 5.91 Å². The van der Waals surface area contributed by atoms with Crippen LogP contribution in [-0.4, -0.2) is 29.2 Å². The maximum atomic E-state index is 12.9. The second-order valence-corrected chi connectivity index (χ2v) is 7.02. The molecule has 3 atom stereocenters. The number of piperidine rings is 1. The van der Waals surface area contributed by atoms with Crippen LogP contribution < -0.4 is 0 Å². The molecule has 2 aliphatic rings. The lowest BCUT2D eigenvalue weighted by Crippen LogP contribution is -2.43. The number of rotatable bonds is 4. The Labute approximate surface area is 129 Å². The zero-order valence-electron chi connectivity index (χ0n) is 11.8. The van der Waals surface area contributed by atoms with E-state index >= 15 is 0 Å². The molecule has 2 nitrogen and oxygen atoms in total. The smallest absolute Gasteiger partial charge is 0.230 e. The molecule has 0 spiro atoms. The Morgan fingerprint density at radius 2 is 1.85 bits per heavy atom. The summed E-state index contributed by atoms with van der Waals surface area (Å²) in [4.78, 5) is 15.1. The molecule has 3 unspecified atom stereocenters. The fourth-order valence-corrected chi connectivity index (χ4v) is 4.29.